The lowest BCUT2D eigenvalue weighted by Crippen LogP contribution is -2.41. The third-order valence-corrected chi connectivity index (χ3v) is 5.98. The van der Waals surface area contributed by atoms with Gasteiger partial charge >= 0.3 is 5.69 Å². The Labute approximate surface area is 142 Å². The fraction of sp³-hybridized carbons (Fsp3) is 0.462. The Bertz CT molecular complexity index is 783. The molecule has 1 aromatic heterocycles. The van der Waals surface area contributed by atoms with Gasteiger partial charge in [0.25, 0.3) is 5.56 Å². The van der Waals surface area contributed by atoms with E-state index in [1.165, 1.54) is 19.3 Å². The first-order valence-corrected chi connectivity index (χ1v) is 10.0. The zero-order chi connectivity index (χ0) is 18.3. The topological polar surface area (TPSA) is 149 Å². The predicted molar refractivity (Wildman–Crippen MR) is 92.4 cm³/mol. The highest BCUT2D eigenvalue weighted by Crippen LogP contribution is 1.98. The maximum absolute atomic E-state index is 11.8. The molecule has 0 saturated heterocycles. The number of aliphatic hydroxyl groups excluding tert-OH is 1. The van der Waals surface area contributed by atoms with Gasteiger partial charge in [0.2, 0.25) is 5.91 Å². The molecule has 0 aliphatic heterocycles. The first-order chi connectivity index (χ1) is 11.2. The average molecular weight is 377 g/mol. The van der Waals surface area contributed by atoms with Gasteiger partial charge in [-0.1, -0.05) is 0 Å². The molecule has 1 rings (SSSR count). The van der Waals surface area contributed by atoms with Gasteiger partial charge in [-0.15, -0.1) is 0 Å². The summed E-state index contributed by atoms with van der Waals surface area (Å²) in [6, 6.07) is -0.763. The average Bonchev–Trinajstić information content (AvgIpc) is 2.44. The molecule has 0 radical (unpaired) electrons. The molecule has 0 saturated carbocycles. The van der Waals surface area contributed by atoms with Gasteiger partial charge in [-0.3, -0.25) is 23.0 Å². The first-order valence-electron chi connectivity index (χ1n) is 6.80. The van der Waals surface area contributed by atoms with Crippen molar-refractivity contribution >= 4 is 33.6 Å². The molecule has 1 aromatic rings. The van der Waals surface area contributed by atoms with Gasteiger partial charge < -0.3 is 15.4 Å². The van der Waals surface area contributed by atoms with E-state index >= 15 is 0 Å². The minimum atomic E-state index is -1.44. The molecule has 3 atom stereocenters. The van der Waals surface area contributed by atoms with Gasteiger partial charge in [-0.05, 0) is 13.0 Å². The highest BCUT2D eigenvalue weighted by atomic mass is 32.2. The van der Waals surface area contributed by atoms with E-state index in [0.29, 0.717) is 5.69 Å². The monoisotopic (exact) mass is 377 g/mol. The second kappa shape index (κ2) is 9.45. The van der Waals surface area contributed by atoms with E-state index in [0.717, 1.165) is 6.08 Å². The summed E-state index contributed by atoms with van der Waals surface area (Å²) in [6.45, 7) is 1.08. The number of aryl methyl sites for hydroxylation is 1. The maximum Gasteiger partial charge on any atom is 0.325 e. The number of rotatable bonds is 8. The van der Waals surface area contributed by atoms with Crippen LogP contribution in [0.25, 0.3) is 6.08 Å². The lowest BCUT2D eigenvalue weighted by Gasteiger charge is -2.14. The van der Waals surface area contributed by atoms with Gasteiger partial charge in [0, 0.05) is 45.4 Å². The number of H-pyrrole nitrogens is 2. The van der Waals surface area contributed by atoms with E-state index < -0.39 is 51.4 Å². The van der Waals surface area contributed by atoms with Crippen LogP contribution in [-0.4, -0.2) is 59.1 Å². The third-order valence-electron chi connectivity index (χ3n) is 2.83. The number of carbonyl (C=O) groups is 1. The van der Waals surface area contributed by atoms with Crippen LogP contribution >= 0.6 is 0 Å². The molecule has 0 fully saturated rings. The first kappa shape index (κ1) is 20.2. The number of aromatic amines is 2. The number of carbonyl (C=O) groups excluding carboxylic acids is 1. The zero-order valence-electron chi connectivity index (χ0n) is 13.2. The third kappa shape index (κ3) is 6.72. The van der Waals surface area contributed by atoms with Crippen LogP contribution in [0.2, 0.25) is 0 Å². The molecule has 0 aliphatic rings. The number of hydrogen-bond donors (Lipinski definition) is 4. The Morgan fingerprint density at radius 2 is 2.00 bits per heavy atom. The van der Waals surface area contributed by atoms with Crippen LogP contribution in [0, 0.1) is 6.92 Å². The highest BCUT2D eigenvalue weighted by molar-refractivity contribution is 8.01. The largest absolute Gasteiger partial charge is 0.394 e. The van der Waals surface area contributed by atoms with Crippen molar-refractivity contribution in [3.05, 3.63) is 38.2 Å². The lowest BCUT2D eigenvalue weighted by atomic mass is 10.2. The molecule has 1 amide bonds. The van der Waals surface area contributed by atoms with Crippen molar-refractivity contribution in [2.45, 2.75) is 13.0 Å². The lowest BCUT2D eigenvalue weighted by molar-refractivity contribution is -0.117. The number of amides is 1. The summed E-state index contributed by atoms with van der Waals surface area (Å²) in [6.07, 6.45) is 3.71. The standard InChI is InChI=1S/C13H19N3O6S2/c1-8-10(12(19)16-13(20)14-8)3-4-11(18)15-9(5-17)6-24(22)7-23(2)21/h3-4,9,17H,5-7H2,1-2H3,(H,15,18)(H2,14,16,19,20)/b4-3+/t9-,23+,24+/m0/s1. The molecule has 0 spiro atoms. The van der Waals surface area contributed by atoms with Crippen molar-refractivity contribution in [3.8, 4) is 0 Å². The van der Waals surface area contributed by atoms with Crippen LogP contribution < -0.4 is 16.6 Å². The Morgan fingerprint density at radius 1 is 1.33 bits per heavy atom. The molecule has 24 heavy (non-hydrogen) atoms. The molecule has 0 aromatic carbocycles. The minimum absolute atomic E-state index is 0.0336. The van der Waals surface area contributed by atoms with Crippen LogP contribution in [0.15, 0.2) is 15.7 Å². The van der Waals surface area contributed by atoms with Gasteiger partial charge in [-0.2, -0.15) is 0 Å². The van der Waals surface area contributed by atoms with Gasteiger partial charge in [0.15, 0.2) is 0 Å². The van der Waals surface area contributed by atoms with Crippen molar-refractivity contribution in [3.63, 3.8) is 0 Å². The normalized spacial score (nSPS) is 15.1. The second-order valence-corrected chi connectivity index (χ2v) is 8.27. The summed E-state index contributed by atoms with van der Waals surface area (Å²) < 4.78 is 22.7. The number of nitrogens with one attached hydrogen (secondary N) is 3. The predicted octanol–water partition coefficient (Wildman–Crippen LogP) is -2.05. The molecule has 11 heteroatoms. The van der Waals surface area contributed by atoms with E-state index in [1.54, 1.807) is 0 Å². The fourth-order valence-electron chi connectivity index (χ4n) is 1.82. The number of hydrogen-bond acceptors (Lipinski definition) is 6. The summed E-state index contributed by atoms with van der Waals surface area (Å²) in [4.78, 5) is 39.0. The summed E-state index contributed by atoms with van der Waals surface area (Å²) in [5, 5.41) is 11.6. The van der Waals surface area contributed by atoms with E-state index in [-0.39, 0.29) is 16.4 Å². The van der Waals surface area contributed by atoms with Gasteiger partial charge in [0.1, 0.15) is 0 Å². The number of aliphatic hydroxyl groups is 1. The van der Waals surface area contributed by atoms with Crippen LogP contribution in [-0.2, 0) is 26.4 Å². The number of aromatic nitrogens is 2. The highest BCUT2D eigenvalue weighted by Gasteiger charge is 2.14. The van der Waals surface area contributed by atoms with E-state index in [2.05, 4.69) is 10.3 Å². The maximum atomic E-state index is 11.8. The van der Waals surface area contributed by atoms with E-state index in [1.807, 2.05) is 4.98 Å². The smallest absolute Gasteiger partial charge is 0.325 e. The Morgan fingerprint density at radius 3 is 2.54 bits per heavy atom. The van der Waals surface area contributed by atoms with Crippen molar-refractivity contribution in [2.75, 3.05) is 23.7 Å². The van der Waals surface area contributed by atoms with Gasteiger partial charge in [0.05, 0.1) is 23.3 Å². The molecule has 1 heterocycles. The summed E-state index contributed by atoms with van der Waals surface area (Å²) in [5.41, 5.74) is -0.853. The molecule has 0 bridgehead atoms. The van der Waals surface area contributed by atoms with E-state index in [9.17, 15) is 27.9 Å². The molecule has 4 N–H and O–H groups in total. The molecule has 134 valence electrons. The van der Waals surface area contributed by atoms with Crippen molar-refractivity contribution in [2.24, 2.45) is 0 Å². The van der Waals surface area contributed by atoms with Crippen molar-refractivity contribution in [1.29, 1.82) is 0 Å². The van der Waals surface area contributed by atoms with Crippen LogP contribution in [0.4, 0.5) is 0 Å². The van der Waals surface area contributed by atoms with Crippen LogP contribution in [0.3, 0.4) is 0 Å². The van der Waals surface area contributed by atoms with Crippen LogP contribution in [0.5, 0.6) is 0 Å². The Balaban J connectivity index is 2.74. The summed E-state index contributed by atoms with van der Waals surface area (Å²) in [5.74, 6) is -0.637. The van der Waals surface area contributed by atoms with Crippen LogP contribution in [0.1, 0.15) is 11.3 Å². The summed E-state index contributed by atoms with van der Waals surface area (Å²) in [7, 11) is -2.68. The SMILES string of the molecule is Cc1[nH]c(=O)[nH]c(=O)c1/C=C/C(=O)N[C@@H](CO)C[S@@](=O)C[S@@](C)=O. The quantitative estimate of drug-likeness (QED) is 0.383. The molecular formula is C13H19N3O6S2. The molecular weight excluding hydrogens is 358 g/mol. The van der Waals surface area contributed by atoms with E-state index in [4.69, 9.17) is 0 Å². The molecule has 9 nitrogen and oxygen atoms in total. The molecule has 0 aliphatic carbocycles. The molecule has 0 unspecified atom stereocenters. The van der Waals surface area contributed by atoms with Crippen molar-refractivity contribution in [1.82, 2.24) is 15.3 Å². The minimum Gasteiger partial charge on any atom is -0.394 e. The summed E-state index contributed by atoms with van der Waals surface area (Å²) >= 11 is 0. The Hall–Kier alpha value is -1.85. The Kier molecular flexibility index (Phi) is 7.95. The van der Waals surface area contributed by atoms with Crippen molar-refractivity contribution < 1.29 is 18.3 Å². The zero-order valence-corrected chi connectivity index (χ0v) is 14.8. The van der Waals surface area contributed by atoms with Gasteiger partial charge in [-0.25, -0.2) is 4.79 Å². The fourth-order valence-corrected chi connectivity index (χ4v) is 4.32. The second-order valence-electron chi connectivity index (χ2n) is 4.97.